The predicted molar refractivity (Wildman–Crippen MR) is 149 cm³/mol. The second kappa shape index (κ2) is 9.13. The van der Waals surface area contributed by atoms with Gasteiger partial charge in [0.2, 0.25) is 0 Å². The van der Waals surface area contributed by atoms with Crippen molar-refractivity contribution < 1.29 is 14.3 Å². The molecule has 192 valence electrons. The van der Waals surface area contributed by atoms with Gasteiger partial charge >= 0.3 is 5.97 Å². The number of ketones is 1. The van der Waals surface area contributed by atoms with Crippen molar-refractivity contribution >= 4 is 38.9 Å². The molecule has 2 aliphatic carbocycles. The number of Topliss-reactive ketones (excluding diaryl/α,β-unsaturated/α-hetero) is 1. The zero-order valence-electron chi connectivity index (χ0n) is 22.2. The zero-order chi connectivity index (χ0) is 26.7. The number of nitriles is 1. The van der Waals surface area contributed by atoms with Crippen LogP contribution in [-0.2, 0) is 21.4 Å². The van der Waals surface area contributed by atoms with Gasteiger partial charge in [0.15, 0.2) is 5.78 Å². The number of esters is 1. The SMILES string of the molecule is CC(C)(C)OC(=O)CC1CCN(c2cc3c(cc2Br)C(=O)C2=C(Cc4cc(C#N)ccc42)C3(C)C)CC1. The van der Waals surface area contributed by atoms with Gasteiger partial charge in [-0.3, -0.25) is 9.59 Å². The Balaban J connectivity index is 1.39. The monoisotopic (exact) mass is 560 g/mol. The van der Waals surface area contributed by atoms with Crippen LogP contribution in [0.1, 0.15) is 86.5 Å². The molecule has 37 heavy (non-hydrogen) atoms. The number of ether oxygens (including phenoxy) is 1. The number of hydrogen-bond acceptors (Lipinski definition) is 5. The van der Waals surface area contributed by atoms with Crippen molar-refractivity contribution in [3.63, 3.8) is 0 Å². The number of carbonyl (C=O) groups excluding carboxylic acids is 2. The number of rotatable bonds is 3. The first kappa shape index (κ1) is 25.7. The Morgan fingerprint density at radius 1 is 1.16 bits per heavy atom. The van der Waals surface area contributed by atoms with E-state index < -0.39 is 5.60 Å². The number of halogens is 1. The molecule has 1 heterocycles. The van der Waals surface area contributed by atoms with Crippen LogP contribution < -0.4 is 4.90 Å². The van der Waals surface area contributed by atoms with Gasteiger partial charge in [-0.1, -0.05) is 19.9 Å². The molecule has 3 aliphatic rings. The first-order valence-corrected chi connectivity index (χ1v) is 13.8. The maximum absolute atomic E-state index is 13.8. The molecule has 0 saturated carbocycles. The Morgan fingerprint density at radius 3 is 2.51 bits per heavy atom. The third-order valence-corrected chi connectivity index (χ3v) is 8.62. The molecule has 0 unspecified atom stereocenters. The first-order valence-electron chi connectivity index (χ1n) is 13.0. The van der Waals surface area contributed by atoms with Crippen LogP contribution in [0.25, 0.3) is 5.57 Å². The Kier molecular flexibility index (Phi) is 6.35. The van der Waals surface area contributed by atoms with Crippen molar-refractivity contribution in [2.24, 2.45) is 5.92 Å². The van der Waals surface area contributed by atoms with Gasteiger partial charge in [-0.15, -0.1) is 0 Å². The van der Waals surface area contributed by atoms with Gasteiger partial charge in [-0.25, -0.2) is 0 Å². The van der Waals surface area contributed by atoms with Crippen molar-refractivity contribution in [1.29, 1.82) is 5.26 Å². The Morgan fingerprint density at radius 2 is 1.86 bits per heavy atom. The second-order valence-corrected chi connectivity index (χ2v) is 12.9. The quantitative estimate of drug-likeness (QED) is 0.388. The van der Waals surface area contributed by atoms with Crippen LogP contribution in [-0.4, -0.2) is 30.4 Å². The van der Waals surface area contributed by atoms with Crippen LogP contribution in [0.5, 0.6) is 0 Å². The fourth-order valence-electron chi connectivity index (χ4n) is 6.09. The number of piperidine rings is 1. The minimum Gasteiger partial charge on any atom is -0.460 e. The molecule has 1 aliphatic heterocycles. The van der Waals surface area contributed by atoms with Crippen LogP contribution in [0.2, 0.25) is 0 Å². The summed E-state index contributed by atoms with van der Waals surface area (Å²) in [6.45, 7) is 11.8. The van der Waals surface area contributed by atoms with Gasteiger partial charge in [0.05, 0.1) is 17.3 Å². The first-order chi connectivity index (χ1) is 17.4. The molecule has 0 aromatic heterocycles. The summed E-state index contributed by atoms with van der Waals surface area (Å²) in [5, 5.41) is 9.35. The zero-order valence-corrected chi connectivity index (χ0v) is 23.8. The standard InChI is InChI=1S/C31H33BrN2O3/c1-30(2,3)37-27(35)13-18-8-10-34(11-9-18)26-16-23-22(15-25(26)32)29(36)28-21-7-6-19(17-33)12-20(21)14-24(28)31(23,4)5/h6-7,12,15-16,18H,8-11,13-14H2,1-5H3. The highest BCUT2D eigenvalue weighted by molar-refractivity contribution is 9.10. The molecule has 0 radical (unpaired) electrons. The number of fused-ring (bicyclic) bond motifs is 3. The van der Waals surface area contributed by atoms with E-state index in [-0.39, 0.29) is 17.2 Å². The largest absolute Gasteiger partial charge is 0.460 e. The second-order valence-electron chi connectivity index (χ2n) is 12.0. The highest BCUT2D eigenvalue weighted by Gasteiger charge is 2.43. The van der Waals surface area contributed by atoms with Crippen molar-refractivity contribution in [2.75, 3.05) is 18.0 Å². The van der Waals surface area contributed by atoms with E-state index in [1.807, 2.05) is 39.0 Å². The van der Waals surface area contributed by atoms with E-state index in [0.29, 0.717) is 24.3 Å². The maximum atomic E-state index is 13.8. The van der Waals surface area contributed by atoms with E-state index >= 15 is 0 Å². The van der Waals surface area contributed by atoms with Gasteiger partial charge in [0, 0.05) is 40.5 Å². The highest BCUT2D eigenvalue weighted by atomic mass is 79.9. The molecule has 6 heteroatoms. The van der Waals surface area contributed by atoms with Crippen molar-refractivity contribution in [3.8, 4) is 6.07 Å². The van der Waals surface area contributed by atoms with E-state index in [9.17, 15) is 14.9 Å². The summed E-state index contributed by atoms with van der Waals surface area (Å²) in [5.74, 6) is 0.268. The summed E-state index contributed by atoms with van der Waals surface area (Å²) in [4.78, 5) is 28.5. The van der Waals surface area contributed by atoms with Crippen LogP contribution >= 0.6 is 15.9 Å². The average molecular weight is 562 g/mol. The summed E-state index contributed by atoms with van der Waals surface area (Å²) < 4.78 is 6.44. The number of benzene rings is 2. The molecule has 5 rings (SSSR count). The van der Waals surface area contributed by atoms with Crippen LogP contribution in [0, 0.1) is 17.2 Å². The molecule has 0 atom stereocenters. The lowest BCUT2D eigenvalue weighted by atomic mass is 9.68. The van der Waals surface area contributed by atoms with E-state index in [4.69, 9.17) is 4.74 Å². The van der Waals surface area contributed by atoms with Crippen molar-refractivity contribution in [1.82, 2.24) is 0 Å². The summed E-state index contributed by atoms with van der Waals surface area (Å²) in [5.41, 5.74) is 6.73. The maximum Gasteiger partial charge on any atom is 0.306 e. The van der Waals surface area contributed by atoms with Crippen LogP contribution in [0.3, 0.4) is 0 Å². The van der Waals surface area contributed by atoms with Crippen LogP contribution in [0.4, 0.5) is 5.69 Å². The number of anilines is 1. The molecule has 2 aromatic rings. The predicted octanol–water partition coefficient (Wildman–Crippen LogP) is 6.75. The summed E-state index contributed by atoms with van der Waals surface area (Å²) >= 11 is 3.77. The number of hydrogen-bond donors (Lipinski definition) is 0. The number of carbonyl (C=O) groups is 2. The fourth-order valence-corrected chi connectivity index (χ4v) is 6.68. The van der Waals surface area contributed by atoms with Gasteiger partial charge in [0.1, 0.15) is 5.60 Å². The lowest BCUT2D eigenvalue weighted by Gasteiger charge is -2.38. The fraction of sp³-hybridized carbons (Fsp3) is 0.452. The molecule has 2 aromatic carbocycles. The molecular weight excluding hydrogens is 528 g/mol. The topological polar surface area (TPSA) is 70.4 Å². The summed E-state index contributed by atoms with van der Waals surface area (Å²) in [6, 6.07) is 12.1. The molecule has 0 amide bonds. The Hall–Kier alpha value is -2.91. The lowest BCUT2D eigenvalue weighted by molar-refractivity contribution is -0.156. The van der Waals surface area contributed by atoms with E-state index in [1.54, 1.807) is 6.07 Å². The minimum atomic E-state index is -0.454. The van der Waals surface area contributed by atoms with E-state index in [1.165, 1.54) is 0 Å². The Labute approximate surface area is 227 Å². The van der Waals surface area contributed by atoms with Gasteiger partial charge in [-0.2, -0.15) is 5.26 Å². The molecule has 5 nitrogen and oxygen atoms in total. The molecular formula is C31H33BrN2O3. The third kappa shape index (κ3) is 4.63. The summed E-state index contributed by atoms with van der Waals surface area (Å²) in [7, 11) is 0. The molecule has 0 N–H and O–H groups in total. The molecule has 0 bridgehead atoms. The van der Waals surface area contributed by atoms with Crippen LogP contribution in [0.15, 0.2) is 40.4 Å². The van der Waals surface area contributed by atoms with Gasteiger partial charge < -0.3 is 9.64 Å². The normalized spacial score (nSPS) is 18.7. The molecule has 0 spiro atoms. The third-order valence-electron chi connectivity index (χ3n) is 7.99. The smallest absolute Gasteiger partial charge is 0.306 e. The Bertz CT molecular complexity index is 1380. The van der Waals surface area contributed by atoms with Gasteiger partial charge in [-0.05, 0) is 108 Å². The van der Waals surface area contributed by atoms with Crippen molar-refractivity contribution in [3.05, 3.63) is 68.2 Å². The minimum absolute atomic E-state index is 0.0658. The number of nitrogens with zero attached hydrogens (tertiary/aromatic N) is 2. The van der Waals surface area contributed by atoms with Gasteiger partial charge in [0.25, 0.3) is 0 Å². The summed E-state index contributed by atoms with van der Waals surface area (Å²) in [6.07, 6.45) is 3.01. The number of allylic oxidation sites excluding steroid dienone is 2. The lowest BCUT2D eigenvalue weighted by Crippen LogP contribution is -2.36. The average Bonchev–Trinajstić information content (AvgIpc) is 3.22. The highest BCUT2D eigenvalue weighted by Crippen LogP contribution is 2.51. The van der Waals surface area contributed by atoms with E-state index in [0.717, 1.165) is 69.5 Å². The molecule has 1 fully saturated rings. The van der Waals surface area contributed by atoms with E-state index in [2.05, 4.69) is 46.8 Å². The van der Waals surface area contributed by atoms with Crippen molar-refractivity contribution in [2.45, 2.75) is 71.3 Å². The molecule has 1 saturated heterocycles.